The minimum absolute atomic E-state index is 0.0709. The number of phenolic OH excluding ortho intramolecular Hbond substituents is 1. The van der Waals surface area contributed by atoms with Gasteiger partial charge in [0, 0.05) is 62.5 Å². The van der Waals surface area contributed by atoms with Gasteiger partial charge in [-0.15, -0.1) is 0 Å². The maximum Gasteiger partial charge on any atom is 0.274 e. The molecule has 2 amide bonds. The molecule has 0 aliphatic carbocycles. The highest BCUT2D eigenvalue weighted by atomic mass is 16.3. The lowest BCUT2D eigenvalue weighted by atomic mass is 10.1. The van der Waals surface area contributed by atoms with Crippen LogP contribution in [-0.2, 0) is 13.0 Å². The fourth-order valence-corrected chi connectivity index (χ4v) is 3.49. The van der Waals surface area contributed by atoms with Gasteiger partial charge in [0.25, 0.3) is 11.8 Å². The van der Waals surface area contributed by atoms with E-state index in [-0.39, 0.29) is 17.6 Å². The maximum atomic E-state index is 12.8. The highest BCUT2D eigenvalue weighted by Gasteiger charge is 2.29. The van der Waals surface area contributed by atoms with Crippen LogP contribution in [0.5, 0.6) is 5.75 Å². The predicted molar refractivity (Wildman–Crippen MR) is 93.9 cm³/mol. The molecule has 0 unspecified atom stereocenters. The molecule has 3 N–H and O–H groups in total. The molecule has 8 heteroatoms. The first kappa shape index (κ1) is 16.6. The van der Waals surface area contributed by atoms with Crippen LogP contribution in [0.25, 0.3) is 0 Å². The third kappa shape index (κ3) is 3.03. The molecule has 0 saturated carbocycles. The van der Waals surface area contributed by atoms with Gasteiger partial charge < -0.3 is 20.2 Å². The average Bonchev–Trinajstić information content (AvgIpc) is 3.11. The van der Waals surface area contributed by atoms with Crippen molar-refractivity contribution in [2.45, 2.75) is 13.0 Å². The molecule has 1 saturated heterocycles. The molecule has 1 aromatic carbocycles. The summed E-state index contributed by atoms with van der Waals surface area (Å²) in [7, 11) is 0. The number of hydrogen-bond donors (Lipinski definition) is 3. The quantitative estimate of drug-likeness (QED) is 0.722. The van der Waals surface area contributed by atoms with Crippen LogP contribution in [0.3, 0.4) is 0 Å². The fourth-order valence-electron chi connectivity index (χ4n) is 3.49. The van der Waals surface area contributed by atoms with E-state index in [1.807, 2.05) is 0 Å². The van der Waals surface area contributed by atoms with Crippen LogP contribution in [0.2, 0.25) is 0 Å². The number of piperazine rings is 1. The molecular weight excluding hydrogens is 334 g/mol. The van der Waals surface area contributed by atoms with Gasteiger partial charge in [-0.25, -0.2) is 0 Å². The number of phenols is 1. The second-order valence-electron chi connectivity index (χ2n) is 6.59. The van der Waals surface area contributed by atoms with Crippen LogP contribution in [0.15, 0.2) is 24.3 Å². The van der Waals surface area contributed by atoms with Crippen molar-refractivity contribution in [3.8, 4) is 5.75 Å². The lowest BCUT2D eigenvalue weighted by molar-refractivity contribution is 0.0531. The highest BCUT2D eigenvalue weighted by Crippen LogP contribution is 2.19. The van der Waals surface area contributed by atoms with Crippen LogP contribution in [0.4, 0.5) is 0 Å². The molecule has 1 fully saturated rings. The molecule has 0 radical (unpaired) electrons. The number of aromatic hydroxyl groups is 1. The Morgan fingerprint density at radius 2 is 1.81 bits per heavy atom. The molecule has 8 nitrogen and oxygen atoms in total. The van der Waals surface area contributed by atoms with Gasteiger partial charge >= 0.3 is 0 Å². The number of amides is 2. The summed E-state index contributed by atoms with van der Waals surface area (Å²) in [4.78, 5) is 28.8. The second kappa shape index (κ2) is 6.80. The van der Waals surface area contributed by atoms with Gasteiger partial charge in [-0.2, -0.15) is 5.10 Å². The molecular formula is C18H21N5O3. The standard InChI is InChI=1S/C18H21N5O3/c24-13-3-1-2-12(10-13)17(25)22-6-8-23(9-7-22)18(26)16-14-11-19-5-4-15(14)20-21-16/h1-3,10,19,24H,4-9,11H2,(H,20,21). The van der Waals surface area contributed by atoms with Crippen molar-refractivity contribution in [3.63, 3.8) is 0 Å². The zero-order chi connectivity index (χ0) is 18.1. The van der Waals surface area contributed by atoms with Crippen LogP contribution >= 0.6 is 0 Å². The van der Waals surface area contributed by atoms with Gasteiger partial charge in [0.05, 0.1) is 0 Å². The third-order valence-electron chi connectivity index (χ3n) is 4.96. The molecule has 0 spiro atoms. The second-order valence-corrected chi connectivity index (χ2v) is 6.59. The van der Waals surface area contributed by atoms with Crippen LogP contribution in [0, 0.1) is 0 Å². The molecule has 2 aromatic rings. The summed E-state index contributed by atoms with van der Waals surface area (Å²) >= 11 is 0. The molecule has 26 heavy (non-hydrogen) atoms. The van der Waals surface area contributed by atoms with E-state index in [9.17, 15) is 14.7 Å². The van der Waals surface area contributed by atoms with E-state index in [1.54, 1.807) is 21.9 Å². The van der Waals surface area contributed by atoms with Crippen molar-refractivity contribution in [2.75, 3.05) is 32.7 Å². The molecule has 3 heterocycles. The van der Waals surface area contributed by atoms with Crippen molar-refractivity contribution in [2.24, 2.45) is 0 Å². The zero-order valence-corrected chi connectivity index (χ0v) is 14.4. The molecule has 4 rings (SSSR count). The number of nitrogens with zero attached hydrogens (tertiary/aromatic N) is 3. The van der Waals surface area contributed by atoms with E-state index < -0.39 is 0 Å². The summed E-state index contributed by atoms with van der Waals surface area (Å²) in [6.45, 7) is 3.41. The number of aromatic amines is 1. The first-order valence-corrected chi connectivity index (χ1v) is 8.78. The van der Waals surface area contributed by atoms with E-state index in [4.69, 9.17) is 0 Å². The van der Waals surface area contributed by atoms with Crippen molar-refractivity contribution in [1.82, 2.24) is 25.3 Å². The Hall–Kier alpha value is -2.87. The highest BCUT2D eigenvalue weighted by molar-refractivity contribution is 5.96. The molecule has 1 aromatic heterocycles. The van der Waals surface area contributed by atoms with E-state index >= 15 is 0 Å². The Bertz CT molecular complexity index is 839. The van der Waals surface area contributed by atoms with Gasteiger partial charge in [0.2, 0.25) is 0 Å². The Morgan fingerprint density at radius 3 is 2.54 bits per heavy atom. The van der Waals surface area contributed by atoms with Crippen molar-refractivity contribution in [3.05, 3.63) is 46.8 Å². The Kier molecular flexibility index (Phi) is 4.34. The van der Waals surface area contributed by atoms with Crippen molar-refractivity contribution >= 4 is 11.8 Å². The normalized spacial score (nSPS) is 17.1. The number of carbonyl (C=O) groups excluding carboxylic acids is 2. The van der Waals surface area contributed by atoms with Crippen LogP contribution in [-0.4, -0.2) is 69.6 Å². The lowest BCUT2D eigenvalue weighted by Crippen LogP contribution is -2.50. The Morgan fingerprint density at radius 1 is 1.08 bits per heavy atom. The summed E-state index contributed by atoms with van der Waals surface area (Å²) < 4.78 is 0. The Balaban J connectivity index is 1.41. The number of aromatic nitrogens is 2. The van der Waals surface area contributed by atoms with Gasteiger partial charge in [-0.3, -0.25) is 14.7 Å². The van der Waals surface area contributed by atoms with Crippen LogP contribution < -0.4 is 5.32 Å². The van der Waals surface area contributed by atoms with Crippen molar-refractivity contribution < 1.29 is 14.7 Å². The number of H-pyrrole nitrogens is 1. The fraction of sp³-hybridized carbons (Fsp3) is 0.389. The molecule has 2 aliphatic rings. The summed E-state index contributed by atoms with van der Waals surface area (Å²) in [5.41, 5.74) is 2.93. The summed E-state index contributed by atoms with van der Waals surface area (Å²) in [5.74, 6) is -0.147. The van der Waals surface area contributed by atoms with Gasteiger partial charge in [0.1, 0.15) is 5.75 Å². The molecule has 0 atom stereocenters. The van der Waals surface area contributed by atoms with E-state index in [2.05, 4.69) is 15.5 Å². The minimum Gasteiger partial charge on any atom is -0.508 e. The van der Waals surface area contributed by atoms with Crippen molar-refractivity contribution in [1.29, 1.82) is 0 Å². The zero-order valence-electron chi connectivity index (χ0n) is 14.4. The largest absolute Gasteiger partial charge is 0.508 e. The molecule has 2 aliphatic heterocycles. The van der Waals surface area contributed by atoms with E-state index in [0.717, 1.165) is 24.2 Å². The lowest BCUT2D eigenvalue weighted by Gasteiger charge is -2.34. The number of hydrogen-bond acceptors (Lipinski definition) is 5. The molecule has 136 valence electrons. The number of benzene rings is 1. The maximum absolute atomic E-state index is 12.8. The average molecular weight is 355 g/mol. The van der Waals surface area contributed by atoms with E-state index in [0.29, 0.717) is 44.0 Å². The smallest absolute Gasteiger partial charge is 0.274 e. The summed E-state index contributed by atoms with van der Waals surface area (Å²) in [6.07, 6.45) is 0.849. The Labute approximate surface area is 150 Å². The molecule has 0 bridgehead atoms. The first-order valence-electron chi connectivity index (χ1n) is 8.78. The SMILES string of the molecule is O=C(c1cccc(O)c1)N1CCN(C(=O)c2n[nH]c3c2CNCC3)CC1. The van der Waals surface area contributed by atoms with Crippen LogP contribution in [0.1, 0.15) is 32.1 Å². The minimum atomic E-state index is -0.130. The number of rotatable bonds is 2. The van der Waals surface area contributed by atoms with E-state index in [1.165, 1.54) is 12.1 Å². The number of carbonyl (C=O) groups is 2. The monoisotopic (exact) mass is 355 g/mol. The number of fused-ring (bicyclic) bond motifs is 1. The summed E-state index contributed by atoms with van der Waals surface area (Å²) in [6, 6.07) is 6.33. The number of nitrogens with one attached hydrogen (secondary N) is 2. The van der Waals surface area contributed by atoms with Gasteiger partial charge in [-0.1, -0.05) is 6.07 Å². The van der Waals surface area contributed by atoms with Gasteiger partial charge in [0.15, 0.2) is 5.69 Å². The van der Waals surface area contributed by atoms with Gasteiger partial charge in [-0.05, 0) is 18.2 Å². The topological polar surface area (TPSA) is 102 Å². The third-order valence-corrected chi connectivity index (χ3v) is 4.96. The first-order chi connectivity index (χ1) is 12.6. The predicted octanol–water partition coefficient (Wildman–Crippen LogP) is 0.359. The summed E-state index contributed by atoms with van der Waals surface area (Å²) in [5, 5.41) is 20.0.